The van der Waals surface area contributed by atoms with Crippen LogP contribution in [-0.2, 0) is 6.54 Å². The van der Waals surface area contributed by atoms with Crippen molar-refractivity contribution in [2.75, 3.05) is 6.61 Å². The van der Waals surface area contributed by atoms with Gasteiger partial charge in [0.05, 0.1) is 24.2 Å². The molecule has 0 bridgehead atoms. The molecule has 0 saturated heterocycles. The first-order chi connectivity index (χ1) is 9.20. The van der Waals surface area contributed by atoms with Crippen molar-refractivity contribution in [2.24, 2.45) is 0 Å². The molecule has 0 saturated carbocycles. The second-order valence-corrected chi connectivity index (χ2v) is 4.60. The average molecular weight is 260 g/mol. The molecule has 0 radical (unpaired) electrons. The van der Waals surface area contributed by atoms with Gasteiger partial charge in [-0.1, -0.05) is 19.1 Å². The number of hydrogen-bond donors (Lipinski definition) is 1. The Morgan fingerprint density at radius 2 is 2.00 bits per heavy atom. The molecule has 1 aromatic carbocycles. The summed E-state index contributed by atoms with van der Waals surface area (Å²) in [5.74, 6) is 0.869. The quantitative estimate of drug-likeness (QED) is 0.864. The van der Waals surface area contributed by atoms with E-state index in [2.05, 4.69) is 29.5 Å². The van der Waals surface area contributed by atoms with Gasteiger partial charge in [0.25, 0.3) is 0 Å². The Labute approximate surface area is 113 Å². The Kier molecular flexibility index (Phi) is 4.52. The number of nitrogens with one attached hydrogen (secondary N) is 1. The molecule has 0 spiro atoms. The number of aromatic nitrogens is 3. The lowest BCUT2D eigenvalue weighted by atomic mass is 10.3. The molecule has 2 rings (SSSR count). The maximum Gasteiger partial charge on any atom is 0.119 e. The number of ether oxygens (including phenoxy) is 1. The van der Waals surface area contributed by atoms with Gasteiger partial charge in [0.2, 0.25) is 0 Å². The maximum atomic E-state index is 5.43. The van der Waals surface area contributed by atoms with E-state index in [0.29, 0.717) is 12.6 Å². The summed E-state index contributed by atoms with van der Waals surface area (Å²) in [6, 6.07) is 8.29. The van der Waals surface area contributed by atoms with E-state index < -0.39 is 0 Å². The van der Waals surface area contributed by atoms with Crippen molar-refractivity contribution in [2.45, 2.75) is 33.4 Å². The van der Waals surface area contributed by atoms with Crippen LogP contribution >= 0.6 is 0 Å². The second-order valence-electron chi connectivity index (χ2n) is 4.60. The van der Waals surface area contributed by atoms with Gasteiger partial charge in [0.15, 0.2) is 0 Å². The van der Waals surface area contributed by atoms with Crippen LogP contribution in [0.5, 0.6) is 5.75 Å². The lowest BCUT2D eigenvalue weighted by Gasteiger charge is -2.10. The van der Waals surface area contributed by atoms with Gasteiger partial charge < -0.3 is 10.1 Å². The molecule has 5 heteroatoms. The highest BCUT2D eigenvalue weighted by atomic mass is 16.5. The van der Waals surface area contributed by atoms with Gasteiger partial charge in [-0.05, 0) is 31.2 Å². The number of benzene rings is 1. The summed E-state index contributed by atoms with van der Waals surface area (Å²) in [4.78, 5) is 0. The van der Waals surface area contributed by atoms with E-state index in [1.54, 1.807) is 6.20 Å². The molecule has 0 aliphatic carbocycles. The van der Waals surface area contributed by atoms with Gasteiger partial charge in [0.1, 0.15) is 5.75 Å². The molecule has 1 N–H and O–H groups in total. The van der Waals surface area contributed by atoms with Crippen molar-refractivity contribution in [1.82, 2.24) is 20.3 Å². The van der Waals surface area contributed by atoms with Crippen molar-refractivity contribution in [3.63, 3.8) is 0 Å². The Morgan fingerprint density at radius 1 is 1.26 bits per heavy atom. The third kappa shape index (κ3) is 3.54. The Balaban J connectivity index is 2.15. The van der Waals surface area contributed by atoms with Crippen molar-refractivity contribution in [1.29, 1.82) is 0 Å². The van der Waals surface area contributed by atoms with E-state index in [0.717, 1.165) is 23.7 Å². The first-order valence-electron chi connectivity index (χ1n) is 6.57. The van der Waals surface area contributed by atoms with Crippen LogP contribution in [0.2, 0.25) is 0 Å². The van der Waals surface area contributed by atoms with Gasteiger partial charge in [-0.2, -0.15) is 0 Å². The van der Waals surface area contributed by atoms with Crippen LogP contribution in [0.3, 0.4) is 0 Å². The molecule has 0 unspecified atom stereocenters. The molecule has 0 atom stereocenters. The largest absolute Gasteiger partial charge is 0.494 e. The van der Waals surface area contributed by atoms with Crippen molar-refractivity contribution in [3.05, 3.63) is 36.2 Å². The molecular formula is C14H20N4O. The number of nitrogens with zero attached hydrogens (tertiary/aromatic N) is 3. The molecule has 0 aliphatic heterocycles. The molecule has 1 heterocycles. The van der Waals surface area contributed by atoms with Crippen LogP contribution < -0.4 is 10.1 Å². The molecule has 0 fully saturated rings. The Bertz CT molecular complexity index is 504. The van der Waals surface area contributed by atoms with E-state index in [1.807, 2.05) is 35.9 Å². The highest BCUT2D eigenvalue weighted by Gasteiger charge is 2.06. The van der Waals surface area contributed by atoms with Crippen molar-refractivity contribution < 1.29 is 4.74 Å². The van der Waals surface area contributed by atoms with Gasteiger partial charge in [-0.3, -0.25) is 0 Å². The summed E-state index contributed by atoms with van der Waals surface area (Å²) in [6.45, 7) is 7.63. The monoisotopic (exact) mass is 260 g/mol. The lowest BCUT2D eigenvalue weighted by molar-refractivity contribution is 0.340. The fourth-order valence-electron chi connectivity index (χ4n) is 1.75. The predicted octanol–water partition coefficient (Wildman–Crippen LogP) is 2.16. The summed E-state index contributed by atoms with van der Waals surface area (Å²) >= 11 is 0. The number of rotatable bonds is 6. The zero-order valence-corrected chi connectivity index (χ0v) is 11.6. The van der Waals surface area contributed by atoms with Gasteiger partial charge in [0, 0.05) is 12.6 Å². The van der Waals surface area contributed by atoms with Gasteiger partial charge in [-0.15, -0.1) is 5.10 Å². The molecule has 2 aromatic rings. The fraction of sp³-hybridized carbons (Fsp3) is 0.429. The van der Waals surface area contributed by atoms with Crippen LogP contribution in [0.4, 0.5) is 0 Å². The third-order valence-electron chi connectivity index (χ3n) is 2.70. The van der Waals surface area contributed by atoms with E-state index in [1.165, 1.54) is 0 Å². The van der Waals surface area contributed by atoms with Crippen molar-refractivity contribution >= 4 is 0 Å². The SMILES string of the molecule is CCOc1ccc(-n2nncc2CNC(C)C)cc1. The highest BCUT2D eigenvalue weighted by Crippen LogP contribution is 2.15. The van der Waals surface area contributed by atoms with E-state index >= 15 is 0 Å². The Morgan fingerprint density at radius 3 is 2.63 bits per heavy atom. The summed E-state index contributed by atoms with van der Waals surface area (Å²) in [6.07, 6.45) is 1.78. The smallest absolute Gasteiger partial charge is 0.119 e. The minimum absolute atomic E-state index is 0.434. The van der Waals surface area contributed by atoms with Gasteiger partial charge >= 0.3 is 0 Å². The molecular weight excluding hydrogens is 240 g/mol. The van der Waals surface area contributed by atoms with Gasteiger partial charge in [-0.25, -0.2) is 4.68 Å². The standard InChI is InChI=1S/C14H20N4O/c1-4-19-14-7-5-12(6-8-14)18-13(10-16-17-18)9-15-11(2)3/h5-8,10-11,15H,4,9H2,1-3H3. The molecule has 1 aromatic heterocycles. The first kappa shape index (κ1) is 13.5. The van der Waals surface area contributed by atoms with Crippen LogP contribution in [0.25, 0.3) is 5.69 Å². The van der Waals surface area contributed by atoms with Crippen LogP contribution in [0, 0.1) is 0 Å². The zero-order chi connectivity index (χ0) is 13.7. The fourth-order valence-corrected chi connectivity index (χ4v) is 1.75. The van der Waals surface area contributed by atoms with E-state index in [9.17, 15) is 0 Å². The molecule has 102 valence electrons. The predicted molar refractivity (Wildman–Crippen MR) is 74.5 cm³/mol. The third-order valence-corrected chi connectivity index (χ3v) is 2.70. The van der Waals surface area contributed by atoms with E-state index in [-0.39, 0.29) is 0 Å². The molecule has 5 nitrogen and oxygen atoms in total. The summed E-state index contributed by atoms with van der Waals surface area (Å²) < 4.78 is 7.27. The van der Waals surface area contributed by atoms with Crippen LogP contribution in [-0.4, -0.2) is 27.6 Å². The molecule has 19 heavy (non-hydrogen) atoms. The minimum atomic E-state index is 0.434. The molecule has 0 amide bonds. The summed E-state index contributed by atoms with van der Waals surface area (Å²) in [5.41, 5.74) is 2.03. The molecule has 0 aliphatic rings. The average Bonchev–Trinajstić information content (AvgIpc) is 2.86. The maximum absolute atomic E-state index is 5.43. The minimum Gasteiger partial charge on any atom is -0.494 e. The lowest BCUT2D eigenvalue weighted by Crippen LogP contribution is -2.23. The summed E-state index contributed by atoms with van der Waals surface area (Å²) in [7, 11) is 0. The Hall–Kier alpha value is -1.88. The normalized spacial score (nSPS) is 10.9. The number of hydrogen-bond acceptors (Lipinski definition) is 4. The second kappa shape index (κ2) is 6.33. The van der Waals surface area contributed by atoms with Crippen molar-refractivity contribution in [3.8, 4) is 11.4 Å². The zero-order valence-electron chi connectivity index (χ0n) is 11.6. The van der Waals surface area contributed by atoms with Crippen LogP contribution in [0.15, 0.2) is 30.5 Å². The topological polar surface area (TPSA) is 52.0 Å². The van der Waals surface area contributed by atoms with E-state index in [4.69, 9.17) is 4.74 Å². The summed E-state index contributed by atoms with van der Waals surface area (Å²) in [5, 5.41) is 11.5. The highest BCUT2D eigenvalue weighted by molar-refractivity contribution is 5.37. The first-order valence-corrected chi connectivity index (χ1v) is 6.57. The van der Waals surface area contributed by atoms with Crippen LogP contribution in [0.1, 0.15) is 26.5 Å².